The monoisotopic (exact) mass is 517 g/mol. The second-order valence-corrected chi connectivity index (χ2v) is 8.58. The van der Waals surface area contributed by atoms with E-state index in [1.165, 1.54) is 0 Å². The van der Waals surface area contributed by atoms with Crippen LogP contribution in [0.15, 0.2) is 65.7 Å². The van der Waals surface area contributed by atoms with Crippen LogP contribution in [0.2, 0.25) is 0 Å². The highest BCUT2D eigenvalue weighted by Crippen LogP contribution is 2.27. The summed E-state index contributed by atoms with van der Waals surface area (Å²) in [5.74, 6) is -1.50. The van der Waals surface area contributed by atoms with Crippen LogP contribution in [0.1, 0.15) is 34.6 Å². The number of aliphatic imine (C=N–C) groups is 1. The zero-order chi connectivity index (χ0) is 27.1. The molecule has 0 spiro atoms. The van der Waals surface area contributed by atoms with E-state index in [-0.39, 0.29) is 31.2 Å². The Morgan fingerprint density at radius 2 is 1.89 bits per heavy atom. The molecule has 1 amide bonds. The largest absolute Gasteiger partial charge is 0.459 e. The van der Waals surface area contributed by atoms with Crippen LogP contribution in [-0.2, 0) is 16.1 Å². The van der Waals surface area contributed by atoms with Crippen molar-refractivity contribution in [2.75, 3.05) is 6.54 Å². The van der Waals surface area contributed by atoms with Gasteiger partial charge in [0.2, 0.25) is 0 Å². The number of pyridine rings is 1. The van der Waals surface area contributed by atoms with Crippen molar-refractivity contribution in [1.82, 2.24) is 20.7 Å². The van der Waals surface area contributed by atoms with Gasteiger partial charge in [-0.3, -0.25) is 4.79 Å². The van der Waals surface area contributed by atoms with Crippen molar-refractivity contribution in [1.29, 1.82) is 0 Å². The number of nitrogens with zero attached hydrogens (tertiary/aromatic N) is 3. The van der Waals surface area contributed by atoms with Crippen LogP contribution in [-0.4, -0.2) is 45.4 Å². The number of aryl methyl sites for hydroxylation is 1. The number of hydrazine groups is 1. The number of carbonyl (C=O) groups excluding carboxylic acids is 2. The summed E-state index contributed by atoms with van der Waals surface area (Å²) in [5.41, 5.74) is 10.6. The van der Waals surface area contributed by atoms with E-state index in [2.05, 4.69) is 20.3 Å². The molecule has 0 aliphatic rings. The van der Waals surface area contributed by atoms with Crippen LogP contribution in [0.5, 0.6) is 0 Å². The number of nitrogens with one attached hydrogen (secondary N) is 3. The van der Waals surface area contributed by atoms with Crippen LogP contribution < -0.4 is 16.5 Å². The van der Waals surface area contributed by atoms with E-state index in [1.54, 1.807) is 11.5 Å². The van der Waals surface area contributed by atoms with Gasteiger partial charge in [0.15, 0.2) is 5.03 Å². The van der Waals surface area contributed by atoms with Crippen molar-refractivity contribution in [3.8, 4) is 0 Å². The predicted molar refractivity (Wildman–Crippen MR) is 142 cm³/mol. The lowest BCUT2D eigenvalue weighted by molar-refractivity contribution is -0.525. The Labute approximate surface area is 217 Å². The number of amides is 1. The second-order valence-electron chi connectivity index (χ2n) is 8.58. The van der Waals surface area contributed by atoms with E-state index in [1.807, 2.05) is 61.5 Å². The number of hydrogen-bond acceptors (Lipinski definition) is 7. The summed E-state index contributed by atoms with van der Waals surface area (Å²) in [6.07, 6.45) is 0.475. The van der Waals surface area contributed by atoms with Gasteiger partial charge in [0, 0.05) is 22.8 Å². The van der Waals surface area contributed by atoms with Gasteiger partial charge < -0.3 is 20.8 Å². The molecule has 0 fully saturated rings. The number of esters is 1. The van der Waals surface area contributed by atoms with Gasteiger partial charge in [0.05, 0.1) is 11.2 Å². The Bertz CT molecular complexity index is 1500. The van der Waals surface area contributed by atoms with Crippen LogP contribution in [0.4, 0.5) is 0 Å². The van der Waals surface area contributed by atoms with Crippen molar-refractivity contribution in [2.24, 2.45) is 10.7 Å². The van der Waals surface area contributed by atoms with Crippen molar-refractivity contribution in [3.05, 3.63) is 87.7 Å². The number of para-hydroxylation sites is 1. The average Bonchev–Trinajstić information content (AvgIpc) is 3.28. The van der Waals surface area contributed by atoms with Crippen molar-refractivity contribution < 1.29 is 19.4 Å². The molecular weight excluding hydrogens is 490 g/mol. The number of aromatic amines is 1. The number of nitrogens with two attached hydrogens (primary N) is 1. The standard InChI is InChI=1S/C26H27N7O5/c1-16-23-19(18-10-5-6-11-20(18)30-23)14-22(29-16)24(34)31-21(12-7-13-28-26(27)32-33(36)37)25(35)38-15-17-8-3-2-4-9-17/h2-6,8-11,14,21,30H,7,12-13,15H2,1H3,(H,31,34)(H3,27,28,32). The Kier molecular flexibility index (Phi) is 8.11. The second kappa shape index (κ2) is 11.8. The molecule has 0 saturated heterocycles. The molecule has 38 heavy (non-hydrogen) atoms. The minimum absolute atomic E-state index is 0.0442. The Hall–Kier alpha value is -5.00. The van der Waals surface area contributed by atoms with E-state index in [4.69, 9.17) is 10.5 Å². The Morgan fingerprint density at radius 1 is 1.16 bits per heavy atom. The van der Waals surface area contributed by atoms with Crippen LogP contribution in [0, 0.1) is 17.0 Å². The van der Waals surface area contributed by atoms with Gasteiger partial charge in [-0.2, -0.15) is 0 Å². The van der Waals surface area contributed by atoms with Crippen molar-refractivity contribution in [3.63, 3.8) is 0 Å². The minimum atomic E-state index is -0.994. The molecule has 2 heterocycles. The summed E-state index contributed by atoms with van der Waals surface area (Å²) < 4.78 is 5.46. The van der Waals surface area contributed by atoms with E-state index in [0.717, 1.165) is 27.4 Å². The molecule has 4 aromatic rings. The smallest absolute Gasteiger partial charge is 0.328 e. The van der Waals surface area contributed by atoms with Gasteiger partial charge in [-0.25, -0.2) is 24.9 Å². The number of H-pyrrole nitrogens is 1. The molecule has 0 radical (unpaired) electrons. The number of hydrogen-bond donors (Lipinski definition) is 4. The summed E-state index contributed by atoms with van der Waals surface area (Å²) in [6.45, 7) is 1.95. The number of guanidine groups is 1. The molecule has 12 nitrogen and oxygen atoms in total. The molecule has 196 valence electrons. The van der Waals surface area contributed by atoms with E-state index in [9.17, 15) is 19.7 Å². The molecule has 0 aliphatic carbocycles. The fraction of sp³-hybridized carbons (Fsp3) is 0.231. The third-order valence-corrected chi connectivity index (χ3v) is 5.86. The first-order valence-electron chi connectivity index (χ1n) is 11.9. The number of fused-ring (bicyclic) bond motifs is 3. The lowest BCUT2D eigenvalue weighted by Gasteiger charge is -2.17. The Balaban J connectivity index is 1.50. The van der Waals surface area contributed by atoms with Crippen LogP contribution in [0.25, 0.3) is 21.8 Å². The molecule has 2 aromatic heterocycles. The maximum atomic E-state index is 13.2. The van der Waals surface area contributed by atoms with E-state index >= 15 is 0 Å². The molecular formula is C26H27N7O5. The molecule has 5 N–H and O–H groups in total. The molecule has 0 bridgehead atoms. The van der Waals surface area contributed by atoms with Crippen molar-refractivity contribution in [2.45, 2.75) is 32.4 Å². The number of carbonyl (C=O) groups is 2. The lowest BCUT2D eigenvalue weighted by atomic mass is 10.1. The first-order chi connectivity index (χ1) is 18.3. The average molecular weight is 518 g/mol. The number of aromatic nitrogens is 2. The summed E-state index contributed by atoms with van der Waals surface area (Å²) in [7, 11) is 0. The fourth-order valence-corrected chi connectivity index (χ4v) is 4.06. The Morgan fingerprint density at radius 3 is 2.66 bits per heavy atom. The van der Waals surface area contributed by atoms with Gasteiger partial charge in [0.1, 0.15) is 18.3 Å². The molecule has 12 heteroatoms. The third kappa shape index (κ3) is 6.40. The number of benzene rings is 2. The van der Waals surface area contributed by atoms with Gasteiger partial charge in [0.25, 0.3) is 11.9 Å². The zero-order valence-electron chi connectivity index (χ0n) is 20.6. The van der Waals surface area contributed by atoms with Gasteiger partial charge in [-0.15, -0.1) is 0 Å². The van der Waals surface area contributed by atoms with Gasteiger partial charge in [-0.05, 0) is 37.5 Å². The molecule has 0 saturated carbocycles. The maximum absolute atomic E-state index is 13.2. The minimum Gasteiger partial charge on any atom is -0.459 e. The van der Waals surface area contributed by atoms with Crippen LogP contribution in [0.3, 0.4) is 0 Å². The quantitative estimate of drug-likeness (QED) is 0.0619. The maximum Gasteiger partial charge on any atom is 0.328 e. The molecule has 1 atom stereocenters. The van der Waals surface area contributed by atoms with Gasteiger partial charge >= 0.3 is 5.97 Å². The van der Waals surface area contributed by atoms with Gasteiger partial charge in [-0.1, -0.05) is 54.0 Å². The third-order valence-electron chi connectivity index (χ3n) is 5.86. The van der Waals surface area contributed by atoms with Crippen LogP contribution >= 0.6 is 0 Å². The highest BCUT2D eigenvalue weighted by Gasteiger charge is 2.24. The molecule has 1 unspecified atom stereocenters. The summed E-state index contributed by atoms with van der Waals surface area (Å²) >= 11 is 0. The predicted octanol–water partition coefficient (Wildman–Crippen LogP) is 2.74. The zero-order valence-corrected chi connectivity index (χ0v) is 20.6. The molecule has 4 rings (SSSR count). The fourth-order valence-electron chi connectivity index (χ4n) is 4.06. The SMILES string of the molecule is Cc1nc(C(=O)NC(CCCN=C(N)N[N+](=O)[O-])C(=O)OCc2ccccc2)cc2c1[nH]c1ccccc12. The summed E-state index contributed by atoms with van der Waals surface area (Å²) in [4.78, 5) is 48.3. The highest BCUT2D eigenvalue weighted by atomic mass is 16.7. The number of nitro groups is 1. The lowest BCUT2D eigenvalue weighted by Crippen LogP contribution is -2.42. The highest BCUT2D eigenvalue weighted by molar-refractivity contribution is 6.10. The first-order valence-corrected chi connectivity index (χ1v) is 11.9. The number of rotatable bonds is 10. The normalized spacial score (nSPS) is 12.3. The summed E-state index contributed by atoms with van der Waals surface area (Å²) in [5, 5.41) is 14.2. The topological polar surface area (TPSA) is 178 Å². The molecule has 0 aliphatic heterocycles. The van der Waals surface area contributed by atoms with E-state index in [0.29, 0.717) is 12.1 Å². The first kappa shape index (κ1) is 26.1. The number of ether oxygens (including phenoxy) is 1. The van der Waals surface area contributed by atoms with E-state index < -0.39 is 23.0 Å². The summed E-state index contributed by atoms with van der Waals surface area (Å²) in [6, 6.07) is 17.6. The van der Waals surface area contributed by atoms with Crippen molar-refractivity contribution >= 4 is 39.6 Å². The molecule has 2 aromatic carbocycles.